The summed E-state index contributed by atoms with van der Waals surface area (Å²) in [6.07, 6.45) is 0.577. The number of aromatic nitrogens is 2. The molecule has 7 heteroatoms. The Labute approximate surface area is 164 Å². The Morgan fingerprint density at radius 3 is 2.52 bits per heavy atom. The quantitative estimate of drug-likeness (QED) is 0.397. The number of benzene rings is 2. The number of fused-ring (bicyclic) bond motifs is 3. The van der Waals surface area contributed by atoms with Crippen molar-refractivity contribution in [2.24, 2.45) is 0 Å². The fraction of sp³-hybridized carbons (Fsp3) is 0.111. The van der Waals surface area contributed by atoms with Crippen LogP contribution in [0.1, 0.15) is 27.2 Å². The van der Waals surface area contributed by atoms with E-state index in [4.69, 9.17) is 46.4 Å². The molecule has 4 rings (SSSR count). The van der Waals surface area contributed by atoms with Gasteiger partial charge in [0.1, 0.15) is 5.69 Å². The topological polar surface area (TPSA) is 34.9 Å². The van der Waals surface area contributed by atoms with Gasteiger partial charge in [0.2, 0.25) is 0 Å². The summed E-state index contributed by atoms with van der Waals surface area (Å²) in [5.74, 6) is 0. The Kier molecular flexibility index (Phi) is 4.28. The maximum atomic E-state index is 11.8. The molecule has 2 aromatic carbocycles. The molecule has 0 saturated carbocycles. The minimum Gasteiger partial charge on any atom is -0.274 e. The molecular formula is C18H10Cl4N2O. The molecule has 0 unspecified atom stereocenters. The molecule has 1 aliphatic rings. The number of halogens is 4. The lowest BCUT2D eigenvalue weighted by Crippen LogP contribution is -2.06. The largest absolute Gasteiger partial charge is 0.274 e. The molecule has 0 fully saturated rings. The van der Waals surface area contributed by atoms with Gasteiger partial charge in [-0.25, -0.2) is 0 Å². The Balaban J connectivity index is 1.86. The molecule has 0 amide bonds. The van der Waals surface area contributed by atoms with Gasteiger partial charge in [0, 0.05) is 32.6 Å². The van der Waals surface area contributed by atoms with Crippen LogP contribution in [0.25, 0.3) is 11.3 Å². The SMILES string of the molecule is O=C(Cl)c1nn(Cc2ccc(Cl)cc2Cl)c2c1Cc1cc(Cl)ccc1-2. The fourth-order valence-corrected chi connectivity index (χ4v) is 4.00. The summed E-state index contributed by atoms with van der Waals surface area (Å²) in [5, 5.41) is 5.62. The van der Waals surface area contributed by atoms with E-state index in [1.807, 2.05) is 24.3 Å². The van der Waals surface area contributed by atoms with E-state index in [9.17, 15) is 4.79 Å². The lowest BCUT2D eigenvalue weighted by molar-refractivity contribution is 0.107. The van der Waals surface area contributed by atoms with Gasteiger partial charge in [-0.15, -0.1) is 0 Å². The van der Waals surface area contributed by atoms with Crippen LogP contribution in [0, 0.1) is 0 Å². The van der Waals surface area contributed by atoms with Crippen LogP contribution >= 0.6 is 46.4 Å². The second-order valence-electron chi connectivity index (χ2n) is 5.82. The van der Waals surface area contributed by atoms with Crippen LogP contribution in [0.2, 0.25) is 15.1 Å². The van der Waals surface area contributed by atoms with E-state index in [0.29, 0.717) is 28.0 Å². The monoisotopic (exact) mass is 410 g/mol. The van der Waals surface area contributed by atoms with Gasteiger partial charge < -0.3 is 0 Å². The molecule has 0 bridgehead atoms. The van der Waals surface area contributed by atoms with Crippen molar-refractivity contribution < 1.29 is 4.79 Å². The number of nitrogens with zero attached hydrogens (tertiary/aromatic N) is 2. The second kappa shape index (κ2) is 6.33. The number of carbonyl (C=O) groups excluding carboxylic acids is 1. The summed E-state index contributed by atoms with van der Waals surface area (Å²) in [5.41, 5.74) is 4.88. The van der Waals surface area contributed by atoms with Crippen LogP contribution in [0.4, 0.5) is 0 Å². The van der Waals surface area contributed by atoms with Gasteiger partial charge in [0.25, 0.3) is 5.24 Å². The number of carbonyl (C=O) groups is 1. The van der Waals surface area contributed by atoms with E-state index < -0.39 is 5.24 Å². The first-order chi connectivity index (χ1) is 11.9. The molecule has 1 aliphatic carbocycles. The van der Waals surface area contributed by atoms with E-state index in [1.54, 1.807) is 16.8 Å². The summed E-state index contributed by atoms with van der Waals surface area (Å²) < 4.78 is 1.76. The lowest BCUT2D eigenvalue weighted by Gasteiger charge is -2.09. The summed E-state index contributed by atoms with van der Waals surface area (Å²) >= 11 is 24.1. The smallest absolute Gasteiger partial charge is 0.273 e. The van der Waals surface area contributed by atoms with Crippen molar-refractivity contribution in [1.82, 2.24) is 9.78 Å². The third kappa shape index (κ3) is 2.96. The van der Waals surface area contributed by atoms with Gasteiger partial charge in [-0.2, -0.15) is 5.10 Å². The highest BCUT2D eigenvalue weighted by Gasteiger charge is 2.30. The molecule has 3 nitrogen and oxygen atoms in total. The zero-order chi connectivity index (χ0) is 17.7. The van der Waals surface area contributed by atoms with Gasteiger partial charge >= 0.3 is 0 Å². The van der Waals surface area contributed by atoms with Gasteiger partial charge in [-0.05, 0) is 47.0 Å². The first kappa shape index (κ1) is 16.9. The van der Waals surface area contributed by atoms with E-state index in [-0.39, 0.29) is 5.69 Å². The van der Waals surface area contributed by atoms with Crippen LogP contribution in [0.5, 0.6) is 0 Å². The molecule has 25 heavy (non-hydrogen) atoms. The van der Waals surface area contributed by atoms with Crippen LogP contribution in [-0.2, 0) is 13.0 Å². The molecular weight excluding hydrogens is 402 g/mol. The van der Waals surface area contributed by atoms with Gasteiger partial charge in [-0.1, -0.05) is 46.9 Å². The Morgan fingerprint density at radius 2 is 1.80 bits per heavy atom. The van der Waals surface area contributed by atoms with Gasteiger partial charge in [0.05, 0.1) is 12.2 Å². The van der Waals surface area contributed by atoms with E-state index in [2.05, 4.69) is 5.10 Å². The highest BCUT2D eigenvalue weighted by atomic mass is 35.5. The highest BCUT2D eigenvalue weighted by molar-refractivity contribution is 6.67. The van der Waals surface area contributed by atoms with Crippen molar-refractivity contribution in [3.63, 3.8) is 0 Å². The standard InChI is InChI=1S/C18H10Cl4N2O/c19-11-3-4-13-10(5-11)6-14-16(18(22)25)23-24(17(13)14)8-9-1-2-12(20)7-15(9)21/h1-5,7H,6,8H2. The summed E-state index contributed by atoms with van der Waals surface area (Å²) in [4.78, 5) is 11.8. The molecule has 0 atom stereocenters. The molecule has 1 aromatic heterocycles. The van der Waals surface area contributed by atoms with Crippen molar-refractivity contribution >= 4 is 51.6 Å². The van der Waals surface area contributed by atoms with Crippen molar-refractivity contribution in [3.8, 4) is 11.3 Å². The number of rotatable bonds is 3. The molecule has 3 aromatic rings. The molecule has 0 saturated heterocycles. The lowest BCUT2D eigenvalue weighted by atomic mass is 10.1. The van der Waals surface area contributed by atoms with Crippen molar-refractivity contribution in [3.05, 3.63) is 73.9 Å². The average molecular weight is 412 g/mol. The first-order valence-corrected chi connectivity index (χ1v) is 8.97. The summed E-state index contributed by atoms with van der Waals surface area (Å²) in [6, 6.07) is 11.0. The fourth-order valence-electron chi connectivity index (χ4n) is 3.18. The zero-order valence-corrected chi connectivity index (χ0v) is 15.7. The Hall–Kier alpha value is -1.52. The van der Waals surface area contributed by atoms with Crippen molar-refractivity contribution in [1.29, 1.82) is 0 Å². The van der Waals surface area contributed by atoms with E-state index >= 15 is 0 Å². The minimum absolute atomic E-state index is 0.272. The minimum atomic E-state index is -0.573. The summed E-state index contributed by atoms with van der Waals surface area (Å²) in [6.45, 7) is 0.407. The maximum Gasteiger partial charge on any atom is 0.273 e. The second-order valence-corrected chi connectivity index (χ2v) is 7.44. The molecule has 0 N–H and O–H groups in total. The van der Waals surface area contributed by atoms with Crippen LogP contribution < -0.4 is 0 Å². The predicted molar refractivity (Wildman–Crippen MR) is 101 cm³/mol. The van der Waals surface area contributed by atoms with Crippen molar-refractivity contribution in [2.45, 2.75) is 13.0 Å². The highest BCUT2D eigenvalue weighted by Crippen LogP contribution is 2.40. The summed E-state index contributed by atoms with van der Waals surface area (Å²) in [7, 11) is 0. The number of hydrogen-bond donors (Lipinski definition) is 0. The van der Waals surface area contributed by atoms with Crippen molar-refractivity contribution in [2.75, 3.05) is 0 Å². The first-order valence-electron chi connectivity index (χ1n) is 7.46. The van der Waals surface area contributed by atoms with Gasteiger partial charge in [0.15, 0.2) is 0 Å². The molecule has 126 valence electrons. The zero-order valence-electron chi connectivity index (χ0n) is 12.7. The third-order valence-corrected chi connectivity index (χ3v) is 5.26. The third-order valence-electron chi connectivity index (χ3n) is 4.26. The molecule has 0 aliphatic heterocycles. The Bertz CT molecular complexity index is 1030. The average Bonchev–Trinajstić information content (AvgIpc) is 3.07. The van der Waals surface area contributed by atoms with Crippen LogP contribution in [0.15, 0.2) is 36.4 Å². The number of hydrogen-bond acceptors (Lipinski definition) is 2. The maximum absolute atomic E-state index is 11.8. The predicted octanol–water partition coefficient (Wildman–Crippen LogP) is 5.84. The van der Waals surface area contributed by atoms with E-state index in [0.717, 1.165) is 27.9 Å². The van der Waals surface area contributed by atoms with Crippen LogP contribution in [-0.4, -0.2) is 15.0 Å². The molecule has 0 spiro atoms. The van der Waals surface area contributed by atoms with Crippen LogP contribution in [0.3, 0.4) is 0 Å². The molecule has 0 radical (unpaired) electrons. The van der Waals surface area contributed by atoms with Gasteiger partial charge in [-0.3, -0.25) is 9.48 Å². The van der Waals surface area contributed by atoms with E-state index in [1.165, 1.54) is 0 Å². The Morgan fingerprint density at radius 1 is 1.08 bits per heavy atom. The molecule has 1 heterocycles. The normalized spacial score (nSPS) is 12.2.